The number of rotatable bonds is 5. The summed E-state index contributed by atoms with van der Waals surface area (Å²) in [6, 6.07) is 8.46. The number of carbonyl (C=O) groups excluding carboxylic acids is 1. The van der Waals surface area contributed by atoms with Gasteiger partial charge in [-0.3, -0.25) is 4.79 Å². The van der Waals surface area contributed by atoms with E-state index in [1.807, 2.05) is 4.90 Å². The lowest BCUT2D eigenvalue weighted by Crippen LogP contribution is -2.50. The molecule has 6 nitrogen and oxygen atoms in total. The number of likely N-dealkylation sites (tertiary alicyclic amines) is 1. The summed E-state index contributed by atoms with van der Waals surface area (Å²) in [7, 11) is -0.393. The lowest BCUT2D eigenvalue weighted by Gasteiger charge is -2.39. The first-order valence-corrected chi connectivity index (χ1v) is 11.1. The van der Waals surface area contributed by atoms with E-state index >= 15 is 0 Å². The van der Waals surface area contributed by atoms with E-state index in [0.717, 1.165) is 24.9 Å². The van der Waals surface area contributed by atoms with E-state index in [0.29, 0.717) is 32.0 Å². The number of amides is 1. The van der Waals surface area contributed by atoms with Crippen LogP contribution in [0.2, 0.25) is 0 Å². The van der Waals surface area contributed by atoms with E-state index in [1.54, 1.807) is 0 Å². The number of hydrogen-bond donors (Lipinski definition) is 0. The molecule has 0 radical (unpaired) electrons. The van der Waals surface area contributed by atoms with Gasteiger partial charge in [-0.25, -0.2) is 0 Å². The predicted molar refractivity (Wildman–Crippen MR) is 106 cm³/mol. The molecule has 1 spiro atoms. The van der Waals surface area contributed by atoms with Crippen molar-refractivity contribution < 1.29 is 13.2 Å². The summed E-state index contributed by atoms with van der Waals surface area (Å²) < 4.78 is 27.6. The zero-order chi connectivity index (χ0) is 19.8. The molecular weight excluding hydrogens is 362 g/mol. The summed E-state index contributed by atoms with van der Waals surface area (Å²) in [5, 5.41) is 0. The summed E-state index contributed by atoms with van der Waals surface area (Å²) >= 11 is 0. The van der Waals surface area contributed by atoms with E-state index in [1.165, 1.54) is 28.3 Å². The SMILES string of the molecule is CC(C)c1ccc(CN2CCC[C@]3(CCN(S(=O)(=O)N(C)C)C3)C2=O)cc1. The third-order valence-electron chi connectivity index (χ3n) is 5.95. The Balaban J connectivity index is 1.73. The molecule has 1 atom stereocenters. The molecule has 0 saturated carbocycles. The standard InChI is InChI=1S/C20H31N3O3S/c1-16(2)18-8-6-17(7-9-18)14-22-12-5-10-20(19(22)24)11-13-23(15-20)27(25,26)21(3)4/h6-9,16H,5,10-15H2,1-4H3/t20-/m1/s1. The fourth-order valence-electron chi connectivity index (χ4n) is 4.17. The van der Waals surface area contributed by atoms with Gasteiger partial charge < -0.3 is 4.90 Å². The van der Waals surface area contributed by atoms with Crippen LogP contribution >= 0.6 is 0 Å². The van der Waals surface area contributed by atoms with Crippen LogP contribution in [0.4, 0.5) is 0 Å². The Hall–Kier alpha value is -1.44. The fourth-order valence-corrected chi connectivity index (χ4v) is 5.37. The van der Waals surface area contributed by atoms with Gasteiger partial charge in [-0.05, 0) is 36.3 Å². The van der Waals surface area contributed by atoms with Crippen molar-refractivity contribution in [2.75, 3.05) is 33.7 Å². The van der Waals surface area contributed by atoms with Gasteiger partial charge in [0.25, 0.3) is 10.2 Å². The van der Waals surface area contributed by atoms with Crippen molar-refractivity contribution >= 4 is 16.1 Å². The molecule has 150 valence electrons. The minimum Gasteiger partial charge on any atom is -0.338 e. The monoisotopic (exact) mass is 393 g/mol. The number of hydrogen-bond acceptors (Lipinski definition) is 3. The van der Waals surface area contributed by atoms with Gasteiger partial charge in [0.2, 0.25) is 5.91 Å². The zero-order valence-electron chi connectivity index (χ0n) is 16.8. The van der Waals surface area contributed by atoms with E-state index in [-0.39, 0.29) is 5.91 Å². The van der Waals surface area contributed by atoms with Crippen LogP contribution in [0.5, 0.6) is 0 Å². The van der Waals surface area contributed by atoms with Crippen LogP contribution in [0, 0.1) is 5.41 Å². The van der Waals surface area contributed by atoms with Gasteiger partial charge in [-0.15, -0.1) is 0 Å². The van der Waals surface area contributed by atoms with Gasteiger partial charge in [0, 0.05) is 40.3 Å². The second-order valence-corrected chi connectivity index (χ2v) is 10.5. The number of carbonyl (C=O) groups is 1. The van der Waals surface area contributed by atoms with Crippen molar-refractivity contribution in [3.8, 4) is 0 Å². The number of benzene rings is 1. The van der Waals surface area contributed by atoms with Crippen LogP contribution in [-0.4, -0.2) is 61.6 Å². The van der Waals surface area contributed by atoms with Crippen molar-refractivity contribution in [3.05, 3.63) is 35.4 Å². The molecule has 1 aromatic rings. The molecule has 2 fully saturated rings. The van der Waals surface area contributed by atoms with Crippen molar-refractivity contribution in [2.45, 2.75) is 45.6 Å². The highest BCUT2D eigenvalue weighted by atomic mass is 32.2. The van der Waals surface area contributed by atoms with E-state index in [9.17, 15) is 13.2 Å². The largest absolute Gasteiger partial charge is 0.338 e. The first kappa shape index (κ1) is 20.3. The molecule has 0 aromatic heterocycles. The molecule has 2 aliphatic rings. The van der Waals surface area contributed by atoms with Crippen LogP contribution < -0.4 is 0 Å². The smallest absolute Gasteiger partial charge is 0.281 e. The summed E-state index contributed by atoms with van der Waals surface area (Å²) in [4.78, 5) is 15.2. The van der Waals surface area contributed by atoms with Crippen LogP contribution in [0.3, 0.4) is 0 Å². The van der Waals surface area contributed by atoms with Crippen molar-refractivity contribution in [3.63, 3.8) is 0 Å². The van der Waals surface area contributed by atoms with Gasteiger partial charge in [-0.1, -0.05) is 38.1 Å². The van der Waals surface area contributed by atoms with Crippen molar-refractivity contribution in [1.29, 1.82) is 0 Å². The third kappa shape index (κ3) is 3.91. The van der Waals surface area contributed by atoms with Crippen molar-refractivity contribution in [1.82, 2.24) is 13.5 Å². The van der Waals surface area contributed by atoms with Gasteiger partial charge in [0.15, 0.2) is 0 Å². The van der Waals surface area contributed by atoms with Gasteiger partial charge >= 0.3 is 0 Å². The Morgan fingerprint density at radius 3 is 2.37 bits per heavy atom. The molecule has 0 N–H and O–H groups in total. The van der Waals surface area contributed by atoms with Gasteiger partial charge in [0.05, 0.1) is 5.41 Å². The Bertz CT molecular complexity index is 789. The maximum Gasteiger partial charge on any atom is 0.281 e. The Labute approximate surface area is 163 Å². The van der Waals surface area contributed by atoms with Crippen LogP contribution in [0.15, 0.2) is 24.3 Å². The molecule has 27 heavy (non-hydrogen) atoms. The van der Waals surface area contributed by atoms with Crippen LogP contribution in [-0.2, 0) is 21.5 Å². The maximum absolute atomic E-state index is 13.3. The quantitative estimate of drug-likeness (QED) is 0.772. The summed E-state index contributed by atoms with van der Waals surface area (Å²) in [5.74, 6) is 0.597. The molecule has 7 heteroatoms. The highest BCUT2D eigenvalue weighted by Crippen LogP contribution is 2.41. The van der Waals surface area contributed by atoms with Crippen LogP contribution in [0.25, 0.3) is 0 Å². The molecule has 0 bridgehead atoms. The van der Waals surface area contributed by atoms with E-state index < -0.39 is 15.6 Å². The molecule has 2 aliphatic heterocycles. The lowest BCUT2D eigenvalue weighted by atomic mass is 9.78. The van der Waals surface area contributed by atoms with Gasteiger partial charge in [-0.2, -0.15) is 17.0 Å². The number of piperidine rings is 1. The average molecular weight is 394 g/mol. The fraction of sp³-hybridized carbons (Fsp3) is 0.650. The second-order valence-electron chi connectivity index (χ2n) is 8.38. The first-order chi connectivity index (χ1) is 12.7. The van der Waals surface area contributed by atoms with Crippen LogP contribution in [0.1, 0.15) is 50.2 Å². The highest BCUT2D eigenvalue weighted by Gasteiger charge is 2.51. The van der Waals surface area contributed by atoms with Crippen molar-refractivity contribution in [2.24, 2.45) is 5.41 Å². The average Bonchev–Trinajstić information content (AvgIpc) is 3.05. The highest BCUT2D eigenvalue weighted by molar-refractivity contribution is 7.86. The minimum atomic E-state index is -3.47. The minimum absolute atomic E-state index is 0.109. The molecular formula is C20H31N3O3S. The molecule has 2 heterocycles. The summed E-state index contributed by atoms with van der Waals surface area (Å²) in [6.07, 6.45) is 2.31. The Morgan fingerprint density at radius 2 is 1.78 bits per heavy atom. The topological polar surface area (TPSA) is 60.9 Å². The summed E-state index contributed by atoms with van der Waals surface area (Å²) in [5.41, 5.74) is 1.86. The van der Waals surface area contributed by atoms with E-state index in [2.05, 4.69) is 38.1 Å². The molecule has 2 saturated heterocycles. The summed E-state index contributed by atoms with van der Waals surface area (Å²) in [6.45, 7) is 6.39. The van der Waals surface area contributed by atoms with Gasteiger partial charge in [0.1, 0.15) is 0 Å². The third-order valence-corrected chi connectivity index (χ3v) is 7.84. The molecule has 1 amide bonds. The van der Waals surface area contributed by atoms with E-state index in [4.69, 9.17) is 0 Å². The Morgan fingerprint density at radius 1 is 1.11 bits per heavy atom. The second kappa shape index (κ2) is 7.53. The molecule has 0 aliphatic carbocycles. The Kier molecular flexibility index (Phi) is 5.66. The first-order valence-electron chi connectivity index (χ1n) is 9.71. The lowest BCUT2D eigenvalue weighted by molar-refractivity contribution is -0.146. The zero-order valence-corrected chi connectivity index (χ0v) is 17.6. The maximum atomic E-state index is 13.3. The normalized spacial score (nSPS) is 24.5. The number of nitrogens with zero attached hydrogens (tertiary/aromatic N) is 3. The molecule has 1 aromatic carbocycles. The molecule has 3 rings (SSSR count). The predicted octanol–water partition coefficient (Wildman–Crippen LogP) is 2.43. The molecule has 0 unspecified atom stereocenters.